The summed E-state index contributed by atoms with van der Waals surface area (Å²) in [6, 6.07) is 7.94. The maximum atomic E-state index is 11.7. The Morgan fingerprint density at radius 3 is 2.86 bits per heavy atom. The number of hydrogen-bond acceptors (Lipinski definition) is 9. The summed E-state index contributed by atoms with van der Waals surface area (Å²) < 4.78 is 5.10. The molecule has 10 nitrogen and oxygen atoms in total. The van der Waals surface area contributed by atoms with E-state index in [0.717, 1.165) is 17.8 Å². The second-order valence-electron chi connectivity index (χ2n) is 6.72. The molecule has 0 unspecified atom stereocenters. The summed E-state index contributed by atoms with van der Waals surface area (Å²) >= 11 is 0. The first-order valence-corrected chi connectivity index (χ1v) is 8.79. The fourth-order valence-corrected chi connectivity index (χ4v) is 3.44. The molecule has 1 aromatic heterocycles. The second kappa shape index (κ2) is 8.61. The van der Waals surface area contributed by atoms with Gasteiger partial charge in [-0.05, 0) is 24.6 Å². The summed E-state index contributed by atoms with van der Waals surface area (Å²) in [5.74, 6) is 1.35. The van der Waals surface area contributed by atoms with E-state index in [1.165, 1.54) is 0 Å². The lowest BCUT2D eigenvalue weighted by Gasteiger charge is -2.16. The molecule has 0 aliphatic carbocycles. The number of carbonyl (C=O) groups excluding carboxylic acids is 1. The molecule has 0 amide bonds. The third-order valence-electron chi connectivity index (χ3n) is 4.60. The highest BCUT2D eigenvalue weighted by Gasteiger charge is 2.43. The van der Waals surface area contributed by atoms with E-state index in [0.29, 0.717) is 31.5 Å². The first-order chi connectivity index (χ1) is 13.5. The molecule has 148 valence electrons. The first kappa shape index (κ1) is 19.5. The molecule has 2 saturated heterocycles. The van der Waals surface area contributed by atoms with Gasteiger partial charge in [-0.15, -0.1) is 0 Å². The van der Waals surface area contributed by atoms with E-state index < -0.39 is 0 Å². The molecule has 0 spiro atoms. The second-order valence-corrected chi connectivity index (χ2v) is 6.72. The van der Waals surface area contributed by atoms with Crippen LogP contribution >= 0.6 is 0 Å². The van der Waals surface area contributed by atoms with Crippen LogP contribution in [0.5, 0.6) is 0 Å². The molecular weight excluding hydrogens is 364 g/mol. The lowest BCUT2D eigenvalue weighted by atomic mass is 10.0. The molecule has 2 atom stereocenters. The van der Waals surface area contributed by atoms with Crippen molar-refractivity contribution in [2.24, 2.45) is 11.8 Å². The van der Waals surface area contributed by atoms with Crippen molar-refractivity contribution in [3.8, 4) is 0 Å². The van der Waals surface area contributed by atoms with Crippen molar-refractivity contribution >= 4 is 30.0 Å². The van der Waals surface area contributed by atoms with Gasteiger partial charge >= 0.3 is 5.97 Å². The average molecular weight is 386 g/mol. The molecule has 4 rings (SSSR count). The van der Waals surface area contributed by atoms with Gasteiger partial charge in [0.05, 0.1) is 19.1 Å². The zero-order valence-corrected chi connectivity index (χ0v) is 15.4. The minimum Gasteiger partial charge on any atom is -0.483 e. The van der Waals surface area contributed by atoms with E-state index in [4.69, 9.17) is 20.4 Å². The highest BCUT2D eigenvalue weighted by molar-refractivity contribution is 5.75. The molecule has 4 N–H and O–H groups in total. The number of carboxylic acid groups (broad SMARTS) is 1. The van der Waals surface area contributed by atoms with Crippen LogP contribution in [0, 0.1) is 18.8 Å². The highest BCUT2D eigenvalue weighted by Crippen LogP contribution is 2.30. The van der Waals surface area contributed by atoms with Crippen LogP contribution in [0.3, 0.4) is 0 Å². The van der Waals surface area contributed by atoms with Crippen molar-refractivity contribution in [1.82, 2.24) is 19.9 Å². The summed E-state index contributed by atoms with van der Waals surface area (Å²) in [5.41, 5.74) is 7.88. The average Bonchev–Trinajstić information content (AvgIpc) is 3.17. The van der Waals surface area contributed by atoms with Gasteiger partial charge in [-0.25, -0.2) is 0 Å². The molecule has 2 fully saturated rings. The standard InChI is InChI=1S/C17H20N6O2.CH2O2/c1-10-3-2-4-12(5-10)19-17-21-14(20-16(18)22-17)8-23-6-11-9-25-15(24)13(11)7-23;2-1-3/h2-5,11,13H,6-9H2,1H3,(H3,18,19,20,21,22);1H,(H,2,3)/t11-,13-;/m1./s1. The lowest BCUT2D eigenvalue weighted by Crippen LogP contribution is -2.25. The van der Waals surface area contributed by atoms with Gasteiger partial charge in [0.25, 0.3) is 6.47 Å². The number of carbonyl (C=O) groups is 2. The quantitative estimate of drug-likeness (QED) is 0.510. The summed E-state index contributed by atoms with van der Waals surface area (Å²) in [6.45, 7) is 4.31. The van der Waals surface area contributed by atoms with Gasteiger partial charge in [-0.1, -0.05) is 12.1 Å². The van der Waals surface area contributed by atoms with Gasteiger partial charge in [-0.3, -0.25) is 14.5 Å². The van der Waals surface area contributed by atoms with Gasteiger partial charge in [0, 0.05) is 24.7 Å². The normalized spacial score (nSPS) is 20.7. The number of aromatic nitrogens is 3. The summed E-state index contributed by atoms with van der Waals surface area (Å²) in [6.07, 6.45) is 0. The number of cyclic esters (lactones) is 1. The van der Waals surface area contributed by atoms with E-state index >= 15 is 0 Å². The number of nitrogen functional groups attached to an aromatic ring is 1. The Kier molecular flexibility index (Phi) is 5.99. The van der Waals surface area contributed by atoms with Crippen LogP contribution in [0.15, 0.2) is 24.3 Å². The van der Waals surface area contributed by atoms with E-state index in [1.54, 1.807) is 0 Å². The smallest absolute Gasteiger partial charge is 0.310 e. The number of fused-ring (bicyclic) bond motifs is 1. The third kappa shape index (κ3) is 4.71. The fraction of sp³-hybridized carbons (Fsp3) is 0.389. The van der Waals surface area contributed by atoms with Crippen molar-refractivity contribution < 1.29 is 19.4 Å². The number of nitrogens with one attached hydrogen (secondary N) is 1. The Balaban J connectivity index is 0.000000706. The molecular formula is C18H22N6O4. The highest BCUT2D eigenvalue weighted by atomic mass is 16.5. The Bertz CT molecular complexity index is 862. The molecule has 28 heavy (non-hydrogen) atoms. The summed E-state index contributed by atoms with van der Waals surface area (Å²) in [4.78, 5) is 35.0. The molecule has 10 heteroatoms. The minimum atomic E-state index is -0.250. The minimum absolute atomic E-state index is 0.0240. The number of esters is 1. The number of likely N-dealkylation sites (tertiary alicyclic amines) is 1. The van der Waals surface area contributed by atoms with Crippen molar-refractivity contribution in [3.63, 3.8) is 0 Å². The zero-order valence-electron chi connectivity index (χ0n) is 15.4. The van der Waals surface area contributed by atoms with Crippen LogP contribution in [0.25, 0.3) is 0 Å². The van der Waals surface area contributed by atoms with Gasteiger partial charge in [0.15, 0.2) is 0 Å². The third-order valence-corrected chi connectivity index (χ3v) is 4.60. The molecule has 0 bridgehead atoms. The fourth-order valence-electron chi connectivity index (χ4n) is 3.44. The maximum absolute atomic E-state index is 11.7. The summed E-state index contributed by atoms with van der Waals surface area (Å²) in [7, 11) is 0. The number of benzene rings is 1. The molecule has 2 aliphatic rings. The number of hydrogen-bond donors (Lipinski definition) is 3. The molecule has 1 aromatic carbocycles. The number of rotatable bonds is 4. The van der Waals surface area contributed by atoms with Gasteiger partial charge < -0.3 is 20.9 Å². The number of nitrogens with zero attached hydrogens (tertiary/aromatic N) is 4. The topological polar surface area (TPSA) is 144 Å². The van der Waals surface area contributed by atoms with Crippen molar-refractivity contribution in [2.75, 3.05) is 30.7 Å². The predicted molar refractivity (Wildman–Crippen MR) is 101 cm³/mol. The monoisotopic (exact) mass is 386 g/mol. The van der Waals surface area contributed by atoms with Gasteiger partial charge in [0.2, 0.25) is 11.9 Å². The van der Waals surface area contributed by atoms with E-state index in [2.05, 4.69) is 25.2 Å². The molecule has 0 radical (unpaired) electrons. The zero-order chi connectivity index (χ0) is 20.1. The van der Waals surface area contributed by atoms with Crippen LogP contribution in [0.2, 0.25) is 0 Å². The first-order valence-electron chi connectivity index (χ1n) is 8.79. The SMILES string of the molecule is Cc1cccc(Nc2nc(N)nc(CN3C[C@@H]4COC(=O)[C@@H]4C3)n2)c1.O=CO. The van der Waals surface area contributed by atoms with Crippen LogP contribution in [-0.2, 0) is 20.9 Å². The Morgan fingerprint density at radius 1 is 1.36 bits per heavy atom. The number of nitrogens with two attached hydrogens (primary N) is 1. The van der Waals surface area contributed by atoms with E-state index in [1.807, 2.05) is 31.2 Å². The van der Waals surface area contributed by atoms with Crippen LogP contribution < -0.4 is 11.1 Å². The van der Waals surface area contributed by atoms with Crippen molar-refractivity contribution in [3.05, 3.63) is 35.7 Å². The Hall–Kier alpha value is -3.27. The summed E-state index contributed by atoms with van der Waals surface area (Å²) in [5, 5.41) is 10.1. The van der Waals surface area contributed by atoms with E-state index in [9.17, 15) is 4.79 Å². The lowest BCUT2D eigenvalue weighted by molar-refractivity contribution is -0.141. The molecule has 2 aromatic rings. The van der Waals surface area contributed by atoms with Gasteiger partial charge in [-0.2, -0.15) is 15.0 Å². The number of ether oxygens (including phenoxy) is 1. The van der Waals surface area contributed by atoms with E-state index in [-0.39, 0.29) is 30.2 Å². The predicted octanol–water partition coefficient (Wildman–Crippen LogP) is 0.811. The van der Waals surface area contributed by atoms with Crippen LogP contribution in [-0.4, -0.2) is 57.1 Å². The molecule has 2 aliphatic heterocycles. The number of aryl methyl sites for hydroxylation is 1. The largest absolute Gasteiger partial charge is 0.483 e. The maximum Gasteiger partial charge on any atom is 0.310 e. The van der Waals surface area contributed by atoms with Crippen molar-refractivity contribution in [1.29, 1.82) is 0 Å². The Labute approximate surface area is 161 Å². The number of anilines is 3. The molecule has 0 saturated carbocycles. The molecule has 3 heterocycles. The van der Waals surface area contributed by atoms with Crippen molar-refractivity contribution in [2.45, 2.75) is 13.5 Å². The van der Waals surface area contributed by atoms with Crippen LogP contribution in [0.1, 0.15) is 11.4 Å². The van der Waals surface area contributed by atoms with Gasteiger partial charge in [0.1, 0.15) is 5.82 Å². The Morgan fingerprint density at radius 2 is 2.14 bits per heavy atom. The van der Waals surface area contributed by atoms with Crippen LogP contribution in [0.4, 0.5) is 17.6 Å².